The molecule has 3 aromatic rings. The van der Waals surface area contributed by atoms with Gasteiger partial charge in [0.2, 0.25) is 0 Å². The molecule has 1 saturated heterocycles. The van der Waals surface area contributed by atoms with Crippen molar-refractivity contribution >= 4 is 5.91 Å². The number of benzene rings is 1. The third-order valence-corrected chi connectivity index (χ3v) is 5.19. The number of nitrogens with zero attached hydrogens (tertiary/aromatic N) is 4. The Morgan fingerprint density at radius 1 is 1.34 bits per heavy atom. The summed E-state index contributed by atoms with van der Waals surface area (Å²) in [4.78, 5) is 14.5. The van der Waals surface area contributed by atoms with Crippen LogP contribution in [0.15, 0.2) is 42.6 Å². The number of ether oxygens (including phenoxy) is 1. The number of hydrogen-bond acceptors (Lipinski definition) is 4. The van der Waals surface area contributed by atoms with Crippen molar-refractivity contribution in [2.24, 2.45) is 0 Å². The normalized spacial score (nSPS) is 16.3. The first-order chi connectivity index (χ1) is 14.1. The Balaban J connectivity index is 1.30. The zero-order valence-corrected chi connectivity index (χ0v) is 16.3. The monoisotopic (exact) mass is 397 g/mol. The second-order valence-corrected chi connectivity index (χ2v) is 7.14. The van der Waals surface area contributed by atoms with Crippen molar-refractivity contribution in [2.45, 2.75) is 32.2 Å². The van der Waals surface area contributed by atoms with E-state index in [9.17, 15) is 9.18 Å². The number of rotatable bonds is 7. The largest absolute Gasteiger partial charge is 0.490 e. The number of hydrogen-bond donors (Lipinski definition) is 1. The lowest BCUT2D eigenvalue weighted by atomic mass is 10.0. The van der Waals surface area contributed by atoms with E-state index in [4.69, 9.17) is 4.74 Å². The fourth-order valence-corrected chi connectivity index (χ4v) is 3.55. The number of para-hydroxylation sites is 1. The maximum absolute atomic E-state index is 13.6. The van der Waals surface area contributed by atoms with Crippen molar-refractivity contribution < 1.29 is 13.9 Å². The summed E-state index contributed by atoms with van der Waals surface area (Å²) in [6.07, 6.45) is 3.30. The molecule has 7 nitrogen and oxygen atoms in total. The van der Waals surface area contributed by atoms with Gasteiger partial charge >= 0.3 is 0 Å². The van der Waals surface area contributed by atoms with Crippen LogP contribution in [-0.4, -0.2) is 50.5 Å². The highest BCUT2D eigenvalue weighted by Gasteiger charge is 2.30. The minimum Gasteiger partial charge on any atom is -0.490 e. The van der Waals surface area contributed by atoms with Crippen LogP contribution in [0, 0.1) is 5.82 Å². The summed E-state index contributed by atoms with van der Waals surface area (Å²) in [5, 5.41) is 11.7. The first kappa shape index (κ1) is 19.2. The molecule has 0 spiro atoms. The highest BCUT2D eigenvalue weighted by atomic mass is 19.1. The number of H-pyrrole nitrogens is 1. The van der Waals surface area contributed by atoms with Crippen LogP contribution in [0.3, 0.4) is 0 Å². The van der Waals surface area contributed by atoms with E-state index in [0.29, 0.717) is 31.8 Å². The molecule has 0 saturated carbocycles. The Bertz CT molecular complexity index is 983. The van der Waals surface area contributed by atoms with Crippen molar-refractivity contribution in [3.05, 3.63) is 65.5 Å². The molecular formula is C21H24FN5O2. The Hall–Kier alpha value is -3.16. The SMILES string of the molecule is CCn1ccc(C(=O)N2CC[C@H](c3cc(CCOc4ccccc4F)[nH]n3)C2)n1. The second-order valence-electron chi connectivity index (χ2n) is 7.14. The second kappa shape index (κ2) is 8.46. The molecule has 2 aromatic heterocycles. The van der Waals surface area contributed by atoms with Crippen LogP contribution in [0.4, 0.5) is 4.39 Å². The number of aryl methyl sites for hydroxylation is 1. The number of aromatic amines is 1. The smallest absolute Gasteiger partial charge is 0.274 e. The Morgan fingerprint density at radius 2 is 2.21 bits per heavy atom. The number of carbonyl (C=O) groups is 1. The van der Waals surface area contributed by atoms with E-state index in [-0.39, 0.29) is 23.4 Å². The molecule has 3 heterocycles. The van der Waals surface area contributed by atoms with Crippen LogP contribution >= 0.6 is 0 Å². The van der Waals surface area contributed by atoms with E-state index in [1.54, 1.807) is 28.9 Å². The number of halogens is 1. The number of likely N-dealkylation sites (tertiary alicyclic amines) is 1. The lowest BCUT2D eigenvalue weighted by Crippen LogP contribution is -2.29. The molecule has 29 heavy (non-hydrogen) atoms. The molecule has 152 valence electrons. The van der Waals surface area contributed by atoms with Gasteiger partial charge in [0.1, 0.15) is 5.69 Å². The first-order valence-electron chi connectivity index (χ1n) is 9.88. The van der Waals surface area contributed by atoms with E-state index in [0.717, 1.165) is 24.4 Å². The zero-order chi connectivity index (χ0) is 20.2. The topological polar surface area (TPSA) is 76.0 Å². The van der Waals surface area contributed by atoms with Crippen LogP contribution in [0.1, 0.15) is 41.1 Å². The minimum absolute atomic E-state index is 0.0336. The molecule has 1 aliphatic heterocycles. The highest BCUT2D eigenvalue weighted by Crippen LogP contribution is 2.27. The molecule has 1 fully saturated rings. The molecule has 8 heteroatoms. The van der Waals surface area contributed by atoms with Crippen molar-refractivity contribution in [2.75, 3.05) is 19.7 Å². The fraction of sp³-hybridized carbons (Fsp3) is 0.381. The average molecular weight is 397 g/mol. The van der Waals surface area contributed by atoms with Gasteiger partial charge in [-0.15, -0.1) is 0 Å². The van der Waals surface area contributed by atoms with Crippen molar-refractivity contribution in [3.63, 3.8) is 0 Å². The quantitative estimate of drug-likeness (QED) is 0.665. The molecule has 1 atom stereocenters. The van der Waals surface area contributed by atoms with Crippen molar-refractivity contribution in [1.82, 2.24) is 24.9 Å². The summed E-state index contributed by atoms with van der Waals surface area (Å²) >= 11 is 0. The van der Waals surface area contributed by atoms with E-state index in [2.05, 4.69) is 15.3 Å². The Morgan fingerprint density at radius 3 is 3.00 bits per heavy atom. The molecule has 0 bridgehead atoms. The summed E-state index contributed by atoms with van der Waals surface area (Å²) in [5.41, 5.74) is 2.36. The third-order valence-electron chi connectivity index (χ3n) is 5.19. The maximum atomic E-state index is 13.6. The Kier molecular flexibility index (Phi) is 5.59. The van der Waals surface area contributed by atoms with Crippen LogP contribution < -0.4 is 4.74 Å². The highest BCUT2D eigenvalue weighted by molar-refractivity contribution is 5.92. The van der Waals surface area contributed by atoms with Crippen LogP contribution in [-0.2, 0) is 13.0 Å². The molecule has 1 aromatic carbocycles. The van der Waals surface area contributed by atoms with Gasteiger partial charge in [0.15, 0.2) is 11.6 Å². The van der Waals surface area contributed by atoms with Gasteiger partial charge in [0.05, 0.1) is 12.3 Å². The average Bonchev–Trinajstić information content (AvgIpc) is 3.49. The fourth-order valence-electron chi connectivity index (χ4n) is 3.55. The van der Waals surface area contributed by atoms with Gasteiger partial charge in [0, 0.05) is 43.9 Å². The molecular weight excluding hydrogens is 373 g/mol. The third kappa shape index (κ3) is 4.31. The molecule has 0 aliphatic carbocycles. The van der Waals surface area contributed by atoms with Gasteiger partial charge in [0.25, 0.3) is 5.91 Å². The predicted octanol–water partition coefficient (Wildman–Crippen LogP) is 3.02. The van der Waals surface area contributed by atoms with Gasteiger partial charge in [-0.05, 0) is 37.6 Å². The summed E-state index contributed by atoms with van der Waals surface area (Å²) < 4.78 is 20.8. The van der Waals surface area contributed by atoms with E-state index < -0.39 is 0 Å². The number of nitrogens with one attached hydrogen (secondary N) is 1. The molecule has 1 amide bonds. The lowest BCUT2D eigenvalue weighted by molar-refractivity contribution is 0.0784. The number of amides is 1. The summed E-state index contributed by atoms with van der Waals surface area (Å²) in [6.45, 7) is 4.42. The van der Waals surface area contributed by atoms with Crippen molar-refractivity contribution in [1.29, 1.82) is 0 Å². The van der Waals surface area contributed by atoms with Crippen LogP contribution in [0.5, 0.6) is 5.75 Å². The van der Waals surface area contributed by atoms with Gasteiger partial charge in [-0.3, -0.25) is 14.6 Å². The van der Waals surface area contributed by atoms with Crippen molar-refractivity contribution in [3.8, 4) is 5.75 Å². The van der Waals surface area contributed by atoms with Gasteiger partial charge in [-0.1, -0.05) is 12.1 Å². The predicted molar refractivity (Wildman–Crippen MR) is 105 cm³/mol. The van der Waals surface area contributed by atoms with Gasteiger partial charge in [-0.25, -0.2) is 4.39 Å². The summed E-state index contributed by atoms with van der Waals surface area (Å²) in [5.74, 6) is 0.0541. The van der Waals surface area contributed by atoms with E-state index >= 15 is 0 Å². The molecule has 1 aliphatic rings. The van der Waals surface area contributed by atoms with Crippen LogP contribution in [0.25, 0.3) is 0 Å². The zero-order valence-electron chi connectivity index (χ0n) is 16.3. The summed E-state index contributed by atoms with van der Waals surface area (Å²) in [6, 6.07) is 10.1. The maximum Gasteiger partial charge on any atom is 0.274 e. The number of aromatic nitrogens is 4. The number of carbonyl (C=O) groups excluding carboxylic acids is 1. The molecule has 0 unspecified atom stereocenters. The standard InChI is InChI=1S/C21H24FN5O2/c1-2-27-11-8-18(25-27)21(28)26-10-7-15(14-26)19-13-16(23-24-19)9-12-29-20-6-4-3-5-17(20)22/h3-6,8,11,13,15H,2,7,9-10,12,14H2,1H3,(H,23,24)/t15-/m0/s1. The van der Waals surface area contributed by atoms with Gasteiger partial charge in [-0.2, -0.15) is 10.2 Å². The first-order valence-corrected chi connectivity index (χ1v) is 9.88. The molecule has 4 rings (SSSR count). The lowest BCUT2D eigenvalue weighted by Gasteiger charge is -2.14. The van der Waals surface area contributed by atoms with E-state index in [1.165, 1.54) is 6.07 Å². The minimum atomic E-state index is -0.364. The summed E-state index contributed by atoms with van der Waals surface area (Å²) in [7, 11) is 0. The van der Waals surface area contributed by atoms with E-state index in [1.807, 2.05) is 24.1 Å². The molecule has 0 radical (unpaired) electrons. The van der Waals surface area contributed by atoms with Gasteiger partial charge < -0.3 is 9.64 Å². The Labute approximate surface area is 168 Å². The van der Waals surface area contributed by atoms with Crippen LogP contribution in [0.2, 0.25) is 0 Å². The molecule has 1 N–H and O–H groups in total.